The first-order chi connectivity index (χ1) is 18.5. The van der Waals surface area contributed by atoms with Crippen molar-refractivity contribution in [2.24, 2.45) is 5.92 Å². The molecule has 1 heterocycles. The van der Waals surface area contributed by atoms with Crippen LogP contribution >= 0.6 is 0 Å². The quantitative estimate of drug-likeness (QED) is 0.156. The third-order valence-electron chi connectivity index (χ3n) is 6.59. The van der Waals surface area contributed by atoms with Crippen LogP contribution in [0.2, 0.25) is 0 Å². The van der Waals surface area contributed by atoms with E-state index in [1.807, 2.05) is 12.1 Å². The second kappa shape index (κ2) is 15.2. The Bertz CT molecular complexity index is 1160. The minimum absolute atomic E-state index is 0.199. The SMILES string of the molecule is CCCCCC(C)C(Nc1ccc(C(=O)NCCC=O)cc1)c1oc2ccc(F)cc2c1COCCOC. The molecular formula is C30H39FN2O5. The van der Waals surface area contributed by atoms with Crippen LogP contribution in [0.5, 0.6) is 0 Å². The van der Waals surface area contributed by atoms with Crippen LogP contribution < -0.4 is 10.6 Å². The van der Waals surface area contributed by atoms with Crippen molar-refractivity contribution in [2.75, 3.05) is 32.2 Å². The van der Waals surface area contributed by atoms with Crippen molar-refractivity contribution >= 4 is 28.8 Å². The number of aldehydes is 1. The van der Waals surface area contributed by atoms with Gasteiger partial charge in [-0.2, -0.15) is 0 Å². The number of carbonyl (C=O) groups excluding carboxylic acids is 2. The highest BCUT2D eigenvalue weighted by molar-refractivity contribution is 5.94. The Labute approximate surface area is 224 Å². The first-order valence-electron chi connectivity index (χ1n) is 13.3. The minimum Gasteiger partial charge on any atom is -0.458 e. The van der Waals surface area contributed by atoms with Crippen LogP contribution in [-0.2, 0) is 20.9 Å². The van der Waals surface area contributed by atoms with Gasteiger partial charge < -0.3 is 29.3 Å². The third kappa shape index (κ3) is 8.13. The van der Waals surface area contributed by atoms with Crippen LogP contribution in [-0.4, -0.2) is 39.1 Å². The Balaban J connectivity index is 1.91. The van der Waals surface area contributed by atoms with E-state index < -0.39 is 0 Å². The standard InChI is InChI=1S/C30H39FN2O5/c1-4-5-6-8-21(2)28(33-24-12-9-22(10-13-24)30(35)32-15-7-16-34)29-26(20-37-18-17-36-3)25-19-23(31)11-14-27(25)38-29/h9-14,16,19,21,28,33H,4-8,15,17-18,20H2,1-3H3,(H,32,35). The number of halogens is 1. The summed E-state index contributed by atoms with van der Waals surface area (Å²) in [6, 6.07) is 11.6. The number of ether oxygens (including phenoxy) is 2. The minimum atomic E-state index is -0.328. The molecule has 38 heavy (non-hydrogen) atoms. The number of hydrogen-bond acceptors (Lipinski definition) is 6. The average molecular weight is 527 g/mol. The van der Waals surface area contributed by atoms with Crippen molar-refractivity contribution in [1.82, 2.24) is 5.32 Å². The lowest BCUT2D eigenvalue weighted by Crippen LogP contribution is -2.24. The molecule has 1 aromatic heterocycles. The molecule has 206 valence electrons. The topological polar surface area (TPSA) is 89.8 Å². The Morgan fingerprint density at radius 2 is 1.92 bits per heavy atom. The van der Waals surface area contributed by atoms with Crippen molar-refractivity contribution < 1.29 is 27.9 Å². The highest BCUT2D eigenvalue weighted by Gasteiger charge is 2.28. The molecule has 2 atom stereocenters. The molecule has 0 aliphatic heterocycles. The smallest absolute Gasteiger partial charge is 0.251 e. The largest absolute Gasteiger partial charge is 0.458 e. The van der Waals surface area contributed by atoms with Crippen molar-refractivity contribution in [3.8, 4) is 0 Å². The number of unbranched alkanes of at least 4 members (excludes halogenated alkanes) is 2. The zero-order valence-corrected chi connectivity index (χ0v) is 22.6. The van der Waals surface area contributed by atoms with Gasteiger partial charge in [-0.05, 0) is 54.8 Å². The van der Waals surface area contributed by atoms with Crippen molar-refractivity contribution in [1.29, 1.82) is 0 Å². The number of benzene rings is 2. The number of anilines is 1. The van der Waals surface area contributed by atoms with Crippen LogP contribution in [0, 0.1) is 11.7 Å². The zero-order valence-electron chi connectivity index (χ0n) is 22.6. The van der Waals surface area contributed by atoms with Gasteiger partial charge in [0.25, 0.3) is 5.91 Å². The molecule has 0 aliphatic rings. The van der Waals surface area contributed by atoms with Gasteiger partial charge in [0.2, 0.25) is 0 Å². The van der Waals surface area contributed by atoms with Crippen LogP contribution in [0.15, 0.2) is 46.9 Å². The lowest BCUT2D eigenvalue weighted by Gasteiger charge is -2.26. The Morgan fingerprint density at radius 3 is 2.63 bits per heavy atom. The van der Waals surface area contributed by atoms with Gasteiger partial charge in [0.05, 0.1) is 25.9 Å². The normalized spacial score (nSPS) is 12.8. The van der Waals surface area contributed by atoms with Crippen LogP contribution in [0.4, 0.5) is 10.1 Å². The second-order valence-corrected chi connectivity index (χ2v) is 9.51. The second-order valence-electron chi connectivity index (χ2n) is 9.51. The van der Waals surface area contributed by atoms with Crippen molar-refractivity contribution in [2.45, 2.75) is 58.6 Å². The lowest BCUT2D eigenvalue weighted by atomic mass is 9.91. The Hall–Kier alpha value is -3.23. The van der Waals surface area contributed by atoms with Crippen molar-refractivity contribution in [3.63, 3.8) is 0 Å². The lowest BCUT2D eigenvalue weighted by molar-refractivity contribution is -0.107. The molecule has 0 bridgehead atoms. The van der Waals surface area contributed by atoms with Gasteiger partial charge in [0.1, 0.15) is 23.4 Å². The number of hydrogen-bond donors (Lipinski definition) is 2. The van der Waals surface area contributed by atoms with Crippen LogP contribution in [0.1, 0.15) is 73.7 Å². The van der Waals surface area contributed by atoms with Gasteiger partial charge >= 0.3 is 0 Å². The van der Waals surface area contributed by atoms with Crippen LogP contribution in [0.3, 0.4) is 0 Å². The molecule has 0 saturated carbocycles. The summed E-state index contributed by atoms with van der Waals surface area (Å²) in [5.74, 6) is 0.377. The summed E-state index contributed by atoms with van der Waals surface area (Å²) in [5.41, 5.74) is 2.78. The monoisotopic (exact) mass is 526 g/mol. The first-order valence-corrected chi connectivity index (χ1v) is 13.3. The van der Waals surface area contributed by atoms with Gasteiger partial charge in [-0.15, -0.1) is 0 Å². The fourth-order valence-corrected chi connectivity index (χ4v) is 4.45. The van der Waals surface area contributed by atoms with E-state index in [0.29, 0.717) is 36.3 Å². The summed E-state index contributed by atoms with van der Waals surface area (Å²) in [4.78, 5) is 22.8. The summed E-state index contributed by atoms with van der Waals surface area (Å²) in [6.45, 7) is 5.82. The highest BCUT2D eigenvalue weighted by Crippen LogP contribution is 2.38. The molecule has 2 unspecified atom stereocenters. The van der Waals surface area contributed by atoms with E-state index in [2.05, 4.69) is 24.5 Å². The number of furan rings is 1. The number of rotatable bonds is 17. The van der Waals surface area contributed by atoms with E-state index in [0.717, 1.165) is 49.0 Å². The Morgan fingerprint density at radius 1 is 1.13 bits per heavy atom. The molecule has 2 N–H and O–H groups in total. The average Bonchev–Trinajstić information content (AvgIpc) is 3.27. The molecule has 0 aliphatic carbocycles. The summed E-state index contributed by atoms with van der Waals surface area (Å²) in [5, 5.41) is 7.04. The molecule has 1 amide bonds. The predicted octanol–water partition coefficient (Wildman–Crippen LogP) is 6.42. The van der Waals surface area contributed by atoms with Gasteiger partial charge in [-0.1, -0.05) is 33.1 Å². The van der Waals surface area contributed by atoms with Gasteiger partial charge in [0.15, 0.2) is 0 Å². The summed E-state index contributed by atoms with van der Waals surface area (Å²) in [6.07, 6.45) is 5.40. The molecule has 0 fully saturated rings. The fraction of sp³-hybridized carbons (Fsp3) is 0.467. The molecular weight excluding hydrogens is 487 g/mol. The molecule has 0 saturated heterocycles. The predicted molar refractivity (Wildman–Crippen MR) is 147 cm³/mol. The third-order valence-corrected chi connectivity index (χ3v) is 6.59. The van der Waals surface area contributed by atoms with Gasteiger partial charge in [-0.3, -0.25) is 4.79 Å². The highest BCUT2D eigenvalue weighted by atomic mass is 19.1. The van der Waals surface area contributed by atoms with Crippen LogP contribution in [0.25, 0.3) is 11.0 Å². The maximum Gasteiger partial charge on any atom is 0.251 e. The molecule has 0 radical (unpaired) electrons. The summed E-state index contributed by atoms with van der Waals surface area (Å²) >= 11 is 0. The number of nitrogens with one attached hydrogen (secondary N) is 2. The molecule has 3 rings (SSSR count). The summed E-state index contributed by atoms with van der Waals surface area (Å²) < 4.78 is 31.5. The number of methoxy groups -OCH3 is 1. The van der Waals surface area contributed by atoms with Crippen molar-refractivity contribution in [3.05, 3.63) is 65.2 Å². The fourth-order valence-electron chi connectivity index (χ4n) is 4.45. The van der Waals surface area contributed by atoms with E-state index >= 15 is 0 Å². The Kier molecular flexibility index (Phi) is 11.8. The van der Waals surface area contributed by atoms with E-state index in [-0.39, 0.29) is 36.7 Å². The van der Waals surface area contributed by atoms with E-state index in [4.69, 9.17) is 13.9 Å². The molecule has 7 nitrogen and oxygen atoms in total. The van der Waals surface area contributed by atoms with E-state index in [9.17, 15) is 14.0 Å². The van der Waals surface area contributed by atoms with Gasteiger partial charge in [0, 0.05) is 42.3 Å². The number of amides is 1. The van der Waals surface area contributed by atoms with E-state index in [1.54, 1.807) is 25.3 Å². The van der Waals surface area contributed by atoms with E-state index in [1.165, 1.54) is 12.1 Å². The maximum atomic E-state index is 14.2. The molecule has 8 heteroatoms. The maximum absolute atomic E-state index is 14.2. The zero-order chi connectivity index (χ0) is 27.3. The molecule has 2 aromatic carbocycles. The summed E-state index contributed by atoms with van der Waals surface area (Å²) in [7, 11) is 1.62. The number of fused-ring (bicyclic) bond motifs is 1. The molecule has 3 aromatic rings. The molecule has 0 spiro atoms. The first kappa shape index (κ1) is 29.3. The number of carbonyl (C=O) groups is 2. The van der Waals surface area contributed by atoms with Gasteiger partial charge in [-0.25, -0.2) is 4.39 Å².